The van der Waals surface area contributed by atoms with E-state index in [2.05, 4.69) is 19.1 Å². The molecule has 1 aromatic heterocycles. The van der Waals surface area contributed by atoms with Gasteiger partial charge in [-0.1, -0.05) is 0 Å². The highest BCUT2D eigenvalue weighted by Gasteiger charge is 2.40. The second-order valence-electron chi connectivity index (χ2n) is 7.22. The van der Waals surface area contributed by atoms with Crippen LogP contribution in [0.2, 0.25) is 0 Å². The number of ether oxygens (including phenoxy) is 1. The summed E-state index contributed by atoms with van der Waals surface area (Å²) in [5, 5.41) is 0. The largest absolute Gasteiger partial charge is 0.465 e. The van der Waals surface area contributed by atoms with Crippen LogP contribution >= 0.6 is 0 Å². The number of aryl methyl sites for hydroxylation is 1. The molecule has 0 aromatic carbocycles. The van der Waals surface area contributed by atoms with Crippen LogP contribution in [0, 0.1) is 13.8 Å². The molecule has 0 amide bonds. The number of likely N-dealkylation sites (N-methyl/N-ethyl adjacent to an activating group) is 1. The average Bonchev–Trinajstić information content (AvgIpc) is 3.14. The second-order valence-corrected chi connectivity index (χ2v) is 7.22. The molecule has 1 aliphatic rings. The number of nitrogens with zero attached hydrogens (tertiary/aromatic N) is 1. The van der Waals surface area contributed by atoms with Crippen LogP contribution in [0.15, 0.2) is 0 Å². The van der Waals surface area contributed by atoms with Crippen molar-refractivity contribution in [2.75, 3.05) is 21.2 Å². The summed E-state index contributed by atoms with van der Waals surface area (Å²) in [6.45, 7) is 5.61. The van der Waals surface area contributed by atoms with Crippen molar-refractivity contribution in [1.29, 1.82) is 0 Å². The van der Waals surface area contributed by atoms with E-state index in [1.54, 1.807) is 6.92 Å². The average molecular weight is 321 g/mol. The minimum atomic E-state index is -0.396. The van der Waals surface area contributed by atoms with E-state index in [0.717, 1.165) is 0 Å². The molecule has 1 aliphatic carbocycles. The standard InChI is InChI=1S/C18H28N2O3/c1-11-15(18(22)23-6)12(2)19-16(11)17(21)13(3)20(4,5)14-9-7-8-10-14/h13-14H,7-10H2,1-6H3/p+1/t13-/m0/s1. The van der Waals surface area contributed by atoms with Crippen LogP contribution in [0.4, 0.5) is 0 Å². The van der Waals surface area contributed by atoms with Crippen LogP contribution in [0.3, 0.4) is 0 Å². The molecule has 1 N–H and O–H groups in total. The summed E-state index contributed by atoms with van der Waals surface area (Å²) in [5.74, 6) is -0.329. The van der Waals surface area contributed by atoms with Crippen molar-refractivity contribution in [3.8, 4) is 0 Å². The van der Waals surface area contributed by atoms with Gasteiger partial charge in [-0.15, -0.1) is 0 Å². The molecule has 0 saturated heterocycles. The van der Waals surface area contributed by atoms with Gasteiger partial charge in [-0.05, 0) is 52.0 Å². The lowest BCUT2D eigenvalue weighted by atomic mass is 10.0. The maximum absolute atomic E-state index is 13.0. The van der Waals surface area contributed by atoms with Gasteiger partial charge in [-0.3, -0.25) is 4.79 Å². The number of H-pyrrole nitrogens is 1. The van der Waals surface area contributed by atoms with E-state index >= 15 is 0 Å². The van der Waals surface area contributed by atoms with Crippen molar-refractivity contribution in [2.45, 2.75) is 58.5 Å². The monoisotopic (exact) mass is 321 g/mol. The highest BCUT2D eigenvalue weighted by molar-refractivity contribution is 6.03. The Kier molecular flexibility index (Phi) is 4.99. The molecule has 2 rings (SSSR count). The number of ketones is 1. The highest BCUT2D eigenvalue weighted by atomic mass is 16.5. The first-order chi connectivity index (χ1) is 10.7. The third-order valence-corrected chi connectivity index (χ3v) is 5.72. The van der Waals surface area contributed by atoms with Gasteiger partial charge in [0.05, 0.1) is 38.5 Å². The fourth-order valence-corrected chi connectivity index (χ4v) is 3.80. The van der Waals surface area contributed by atoms with Gasteiger partial charge in [-0.2, -0.15) is 0 Å². The molecular formula is C18H29N2O3+. The molecule has 1 aromatic rings. The van der Waals surface area contributed by atoms with E-state index in [4.69, 9.17) is 4.74 Å². The Morgan fingerprint density at radius 1 is 1.22 bits per heavy atom. The van der Waals surface area contributed by atoms with E-state index in [9.17, 15) is 9.59 Å². The molecule has 1 fully saturated rings. The quantitative estimate of drug-likeness (QED) is 0.515. The molecule has 5 heteroatoms. The second kappa shape index (κ2) is 6.48. The summed E-state index contributed by atoms with van der Waals surface area (Å²) in [4.78, 5) is 28.1. The topological polar surface area (TPSA) is 59.2 Å². The zero-order valence-electron chi connectivity index (χ0n) is 15.2. The summed E-state index contributed by atoms with van der Waals surface area (Å²) >= 11 is 0. The summed E-state index contributed by atoms with van der Waals surface area (Å²) in [5.41, 5.74) is 2.41. The maximum Gasteiger partial charge on any atom is 0.339 e. The summed E-state index contributed by atoms with van der Waals surface area (Å²) in [7, 11) is 5.65. The number of nitrogens with one attached hydrogen (secondary N) is 1. The smallest absolute Gasteiger partial charge is 0.339 e. The van der Waals surface area contributed by atoms with Crippen molar-refractivity contribution in [3.05, 3.63) is 22.5 Å². The van der Waals surface area contributed by atoms with E-state index in [1.165, 1.54) is 32.8 Å². The van der Waals surface area contributed by atoms with Gasteiger partial charge in [-0.25, -0.2) is 4.79 Å². The zero-order chi connectivity index (χ0) is 17.4. The third-order valence-electron chi connectivity index (χ3n) is 5.72. The van der Waals surface area contributed by atoms with Crippen LogP contribution < -0.4 is 0 Å². The number of aromatic amines is 1. The first-order valence-electron chi connectivity index (χ1n) is 8.36. The lowest BCUT2D eigenvalue weighted by Gasteiger charge is -2.40. The summed E-state index contributed by atoms with van der Waals surface area (Å²) in [6.07, 6.45) is 4.86. The number of hydrogen-bond acceptors (Lipinski definition) is 3. The number of carbonyl (C=O) groups is 2. The maximum atomic E-state index is 13.0. The Morgan fingerprint density at radius 3 is 2.30 bits per heavy atom. The number of esters is 1. The molecule has 0 spiro atoms. The number of methoxy groups -OCH3 is 1. The molecule has 128 valence electrons. The summed E-state index contributed by atoms with van der Waals surface area (Å²) < 4.78 is 5.52. The normalized spacial score (nSPS) is 17.3. The van der Waals surface area contributed by atoms with Crippen LogP contribution in [-0.2, 0) is 4.74 Å². The Morgan fingerprint density at radius 2 is 1.78 bits per heavy atom. The van der Waals surface area contributed by atoms with Crippen molar-refractivity contribution in [1.82, 2.24) is 4.98 Å². The first-order valence-corrected chi connectivity index (χ1v) is 8.36. The Bertz CT molecular complexity index is 610. The number of Topliss-reactive ketones (excluding diaryl/α,β-unsaturated/α-hetero) is 1. The molecule has 0 bridgehead atoms. The SMILES string of the molecule is COC(=O)c1c(C)[nH]c(C(=O)[C@H](C)[N+](C)(C)C2CCCC2)c1C. The zero-order valence-corrected chi connectivity index (χ0v) is 15.2. The number of hydrogen-bond donors (Lipinski definition) is 1. The van der Waals surface area contributed by atoms with Crippen LogP contribution in [0.1, 0.15) is 64.7 Å². The number of carbonyl (C=O) groups excluding carboxylic acids is 2. The first kappa shape index (κ1) is 17.7. The van der Waals surface area contributed by atoms with Crippen molar-refractivity contribution in [2.24, 2.45) is 0 Å². The van der Waals surface area contributed by atoms with Gasteiger partial charge < -0.3 is 14.2 Å². The van der Waals surface area contributed by atoms with E-state index in [0.29, 0.717) is 33.0 Å². The van der Waals surface area contributed by atoms with Crippen LogP contribution in [0.25, 0.3) is 0 Å². The fourth-order valence-electron chi connectivity index (χ4n) is 3.80. The van der Waals surface area contributed by atoms with E-state index in [-0.39, 0.29) is 11.8 Å². The Balaban J connectivity index is 2.31. The van der Waals surface area contributed by atoms with Gasteiger partial charge in [0.1, 0.15) is 0 Å². The highest BCUT2D eigenvalue weighted by Crippen LogP contribution is 2.30. The number of aromatic nitrogens is 1. The molecule has 5 nitrogen and oxygen atoms in total. The molecule has 1 saturated carbocycles. The van der Waals surface area contributed by atoms with Crippen molar-refractivity contribution < 1.29 is 18.8 Å². The molecular weight excluding hydrogens is 292 g/mol. The molecule has 23 heavy (non-hydrogen) atoms. The lowest BCUT2D eigenvalue weighted by molar-refractivity contribution is -0.927. The molecule has 0 aliphatic heterocycles. The Labute approximate surface area is 138 Å². The fraction of sp³-hybridized carbons (Fsp3) is 0.667. The van der Waals surface area contributed by atoms with E-state index < -0.39 is 5.97 Å². The van der Waals surface area contributed by atoms with Gasteiger partial charge in [0.2, 0.25) is 5.78 Å². The van der Waals surface area contributed by atoms with Gasteiger partial charge in [0.25, 0.3) is 0 Å². The Hall–Kier alpha value is -1.62. The molecule has 0 radical (unpaired) electrons. The molecule has 1 atom stereocenters. The number of rotatable bonds is 5. The van der Waals surface area contributed by atoms with Crippen molar-refractivity contribution >= 4 is 11.8 Å². The minimum absolute atomic E-state index is 0.0673. The van der Waals surface area contributed by atoms with Gasteiger partial charge in [0, 0.05) is 5.69 Å². The predicted molar refractivity (Wildman–Crippen MR) is 89.8 cm³/mol. The van der Waals surface area contributed by atoms with E-state index in [1.807, 2.05) is 13.8 Å². The third kappa shape index (κ3) is 3.07. The molecule has 1 heterocycles. The summed E-state index contributed by atoms with van der Waals surface area (Å²) in [6, 6.07) is 0.380. The minimum Gasteiger partial charge on any atom is -0.465 e. The van der Waals surface area contributed by atoms with Gasteiger partial charge >= 0.3 is 5.97 Å². The predicted octanol–water partition coefficient (Wildman–Crippen LogP) is 3.01. The van der Waals surface area contributed by atoms with Crippen molar-refractivity contribution in [3.63, 3.8) is 0 Å². The van der Waals surface area contributed by atoms with Crippen LogP contribution in [-0.4, -0.2) is 54.5 Å². The number of quaternary nitrogens is 1. The van der Waals surface area contributed by atoms with Crippen LogP contribution in [0.5, 0.6) is 0 Å². The lowest BCUT2D eigenvalue weighted by Crippen LogP contribution is -2.56. The van der Waals surface area contributed by atoms with Gasteiger partial charge in [0.15, 0.2) is 6.04 Å². The molecule has 0 unspecified atom stereocenters.